The first-order valence-electron chi connectivity index (χ1n) is 3.40. The molecule has 0 saturated heterocycles. The molecule has 1 rings (SSSR count). The molecule has 2 radical (unpaired) electrons. The van der Waals surface area contributed by atoms with Crippen LogP contribution in [0.4, 0.5) is 0 Å². The Morgan fingerprint density at radius 1 is 1.77 bits per heavy atom. The minimum atomic E-state index is 0. The average molecular weight is 248 g/mol. The van der Waals surface area contributed by atoms with Crippen LogP contribution >= 0.6 is 0 Å². The summed E-state index contributed by atoms with van der Waals surface area (Å²) in [4.78, 5) is 10.5. The zero-order chi connectivity index (χ0) is 8.81. The van der Waals surface area contributed by atoms with Crippen LogP contribution < -0.4 is 5.72 Å². The van der Waals surface area contributed by atoms with Gasteiger partial charge in [0.2, 0.25) is 0 Å². The summed E-state index contributed by atoms with van der Waals surface area (Å²) in [6, 6.07) is 0. The number of rotatable bonds is 3. The minimum absolute atomic E-state index is 0. The molecule has 1 aromatic heterocycles. The Kier molecular flexibility index (Phi) is 6.77. The summed E-state index contributed by atoms with van der Waals surface area (Å²) in [6.45, 7) is 2.09. The van der Waals surface area contributed by atoms with Crippen LogP contribution in [0.5, 0.6) is 0 Å². The molecule has 5 nitrogen and oxygen atoms in total. The first-order valence-corrected chi connectivity index (χ1v) is 3.40. The van der Waals surface area contributed by atoms with Crippen molar-refractivity contribution in [2.24, 2.45) is 5.11 Å². The molecule has 0 spiro atoms. The van der Waals surface area contributed by atoms with Crippen LogP contribution in [-0.2, 0) is 39.3 Å². The van der Waals surface area contributed by atoms with Crippen LogP contribution in [0.3, 0.4) is 0 Å². The normalized spacial score (nSPS) is 8.08. The molecular formula is C6H6BN5Y-. The zero-order valence-electron chi connectivity index (χ0n) is 7.18. The summed E-state index contributed by atoms with van der Waals surface area (Å²) in [5, 5.41) is 3.36. The SMILES string of the molecule is C[B]c1n[c-]c(CN=[N+]=[N-])cn1.[Y]. The fourth-order valence-corrected chi connectivity index (χ4v) is 0.654. The topological polar surface area (TPSA) is 74.5 Å². The fraction of sp³-hybridized carbons (Fsp3) is 0.333. The maximum atomic E-state index is 8.03. The molecular weight excluding hydrogens is 242 g/mol. The monoisotopic (exact) mass is 248 g/mol. The molecule has 1 heterocycles. The van der Waals surface area contributed by atoms with E-state index < -0.39 is 0 Å². The molecule has 0 aliphatic carbocycles. The van der Waals surface area contributed by atoms with Gasteiger partial charge in [0, 0.05) is 44.2 Å². The van der Waals surface area contributed by atoms with E-state index in [-0.39, 0.29) is 39.3 Å². The van der Waals surface area contributed by atoms with Crippen LogP contribution in [0, 0.1) is 6.20 Å². The molecule has 0 fully saturated rings. The molecule has 0 atom stereocenters. The molecule has 0 aliphatic heterocycles. The van der Waals surface area contributed by atoms with Gasteiger partial charge in [0.05, 0.1) is 0 Å². The quantitative estimate of drug-likeness (QED) is 0.256. The van der Waals surface area contributed by atoms with Gasteiger partial charge in [-0.05, 0) is 11.3 Å². The van der Waals surface area contributed by atoms with Gasteiger partial charge in [0.1, 0.15) is 7.28 Å². The average Bonchev–Trinajstić information content (AvgIpc) is 2.15. The van der Waals surface area contributed by atoms with E-state index in [0.717, 1.165) is 0 Å². The summed E-state index contributed by atoms with van der Waals surface area (Å²) in [7, 11) is 1.77. The Morgan fingerprint density at radius 3 is 3.00 bits per heavy atom. The van der Waals surface area contributed by atoms with Crippen molar-refractivity contribution in [3.05, 3.63) is 28.4 Å². The second kappa shape index (κ2) is 7.01. The maximum Gasteiger partial charge on any atom is 0.113 e. The first-order chi connectivity index (χ1) is 5.86. The van der Waals surface area contributed by atoms with E-state index in [0.29, 0.717) is 11.3 Å². The van der Waals surface area contributed by atoms with Crippen molar-refractivity contribution in [1.29, 1.82) is 0 Å². The van der Waals surface area contributed by atoms with Crippen molar-refractivity contribution >= 4 is 13.0 Å². The third-order valence-electron chi connectivity index (χ3n) is 1.23. The summed E-state index contributed by atoms with van der Waals surface area (Å²) >= 11 is 0. The Bertz CT molecular complexity index is 294. The number of aromatic nitrogens is 2. The Hall–Kier alpha value is -0.441. The molecule has 13 heavy (non-hydrogen) atoms. The first kappa shape index (κ1) is 12.6. The van der Waals surface area contributed by atoms with Gasteiger partial charge >= 0.3 is 0 Å². The van der Waals surface area contributed by atoms with Gasteiger partial charge in [-0.2, -0.15) is 0 Å². The fourth-order valence-electron chi connectivity index (χ4n) is 0.654. The molecule has 62 valence electrons. The molecule has 0 unspecified atom stereocenters. The third-order valence-corrected chi connectivity index (χ3v) is 1.23. The number of hydrogen-bond acceptors (Lipinski definition) is 3. The standard InChI is InChI=1S/C6H6BN5.Y/c1-7-6-9-2-5(3-10-6)4-11-12-8;/h2H,4H2,1H3;/q-1;. The van der Waals surface area contributed by atoms with E-state index in [1.54, 1.807) is 13.5 Å². The zero-order valence-corrected chi connectivity index (χ0v) is 10.0. The number of azide groups is 1. The van der Waals surface area contributed by atoms with Crippen molar-refractivity contribution < 1.29 is 32.7 Å². The van der Waals surface area contributed by atoms with Crippen molar-refractivity contribution in [2.75, 3.05) is 0 Å². The van der Waals surface area contributed by atoms with Crippen LogP contribution in [-0.4, -0.2) is 17.2 Å². The molecule has 0 amide bonds. The van der Waals surface area contributed by atoms with Crippen LogP contribution in [0.25, 0.3) is 10.4 Å². The van der Waals surface area contributed by atoms with Crippen molar-refractivity contribution in [3.8, 4) is 0 Å². The third kappa shape index (κ3) is 4.36. The van der Waals surface area contributed by atoms with E-state index in [1.807, 2.05) is 6.82 Å². The van der Waals surface area contributed by atoms with E-state index in [9.17, 15) is 0 Å². The molecule has 1 aromatic rings. The smallest absolute Gasteiger partial charge is 0.113 e. The predicted octanol–water partition coefficient (Wildman–Crippen LogP) is 0.462. The van der Waals surface area contributed by atoms with Crippen LogP contribution in [0.15, 0.2) is 11.3 Å². The largest absolute Gasteiger partial charge is 0.380 e. The van der Waals surface area contributed by atoms with E-state index >= 15 is 0 Å². The summed E-state index contributed by atoms with van der Waals surface area (Å²) in [5.41, 5.74) is 9.34. The van der Waals surface area contributed by atoms with Gasteiger partial charge in [-0.3, -0.25) is 0 Å². The number of nitrogens with zero attached hydrogens (tertiary/aromatic N) is 5. The van der Waals surface area contributed by atoms with Crippen LogP contribution in [0.2, 0.25) is 6.82 Å². The van der Waals surface area contributed by atoms with Crippen LogP contribution in [0.1, 0.15) is 5.56 Å². The van der Waals surface area contributed by atoms with Gasteiger partial charge in [0.15, 0.2) is 0 Å². The Morgan fingerprint density at radius 2 is 2.54 bits per heavy atom. The van der Waals surface area contributed by atoms with E-state index in [1.165, 1.54) is 0 Å². The Labute approximate surface area is 102 Å². The van der Waals surface area contributed by atoms with E-state index in [2.05, 4.69) is 26.2 Å². The second-order valence-electron chi connectivity index (χ2n) is 2.04. The van der Waals surface area contributed by atoms with Crippen molar-refractivity contribution in [2.45, 2.75) is 13.4 Å². The second-order valence-corrected chi connectivity index (χ2v) is 2.04. The van der Waals surface area contributed by atoms with Gasteiger partial charge in [-0.1, -0.05) is 24.3 Å². The van der Waals surface area contributed by atoms with Gasteiger partial charge < -0.3 is 9.97 Å². The van der Waals surface area contributed by atoms with Gasteiger partial charge in [-0.15, -0.1) is 5.56 Å². The molecule has 0 N–H and O–H groups in total. The Balaban J connectivity index is 0.00000144. The molecule has 0 bridgehead atoms. The van der Waals surface area contributed by atoms with E-state index in [4.69, 9.17) is 5.53 Å². The van der Waals surface area contributed by atoms with Gasteiger partial charge in [0.25, 0.3) is 0 Å². The predicted molar refractivity (Wildman–Crippen MR) is 45.0 cm³/mol. The molecule has 0 aliphatic rings. The minimum Gasteiger partial charge on any atom is -0.380 e. The molecule has 0 saturated carbocycles. The summed E-state index contributed by atoms with van der Waals surface area (Å²) in [5.74, 6) is 0. The van der Waals surface area contributed by atoms with Crippen molar-refractivity contribution in [1.82, 2.24) is 9.97 Å². The summed E-state index contributed by atoms with van der Waals surface area (Å²) in [6.07, 6.45) is 4.31. The van der Waals surface area contributed by atoms with Gasteiger partial charge in [-0.25, -0.2) is 0 Å². The summed E-state index contributed by atoms with van der Waals surface area (Å²) < 4.78 is 0. The molecule has 7 heteroatoms. The molecule has 0 aromatic carbocycles. The number of hydrogen-bond donors (Lipinski definition) is 0. The van der Waals surface area contributed by atoms with Crippen molar-refractivity contribution in [3.63, 3.8) is 0 Å². The maximum absolute atomic E-state index is 8.03.